The Morgan fingerprint density at radius 3 is 2.55 bits per heavy atom. The number of thiocarbonyl (C=S) groups is 1. The van der Waals surface area contributed by atoms with Crippen LogP contribution in [0.3, 0.4) is 0 Å². The van der Waals surface area contributed by atoms with E-state index in [-0.39, 0.29) is 18.2 Å². The van der Waals surface area contributed by atoms with Gasteiger partial charge in [0, 0.05) is 24.2 Å². The third-order valence-electron chi connectivity index (χ3n) is 4.94. The van der Waals surface area contributed by atoms with E-state index in [0.717, 1.165) is 21.9 Å². The number of non-ortho nitro benzene ring substituents is 1. The summed E-state index contributed by atoms with van der Waals surface area (Å²) in [6.07, 6.45) is 1.84. The fraction of sp³-hybridized carbons (Fsp3) is 0.130. The number of carbonyl (C=O) groups is 1. The number of ether oxygens (including phenoxy) is 1. The first-order valence-electron chi connectivity index (χ1n) is 9.61. The van der Waals surface area contributed by atoms with Gasteiger partial charge in [-0.05, 0) is 47.5 Å². The van der Waals surface area contributed by atoms with Crippen LogP contribution in [0, 0.1) is 10.1 Å². The van der Waals surface area contributed by atoms with Crippen molar-refractivity contribution in [3.8, 4) is 5.75 Å². The molecule has 0 N–H and O–H groups in total. The number of nitro benzene ring substituents is 1. The number of likely N-dealkylation sites (N-methyl/N-ethyl adjacent to an activating group) is 1. The monoisotopic (exact) mass is 450 g/mol. The Bertz CT molecular complexity index is 1220. The Morgan fingerprint density at radius 2 is 1.87 bits per heavy atom. The standard InChI is InChI=1S/C23H18N2O4S2/c1-2-24-22(26)21(31-23(24)30)13-19-18-6-4-3-5-16(18)9-12-20(19)29-14-15-7-10-17(11-8-15)25(27)28/h3-13H,2,14H2,1H3/b21-13-. The van der Waals surface area contributed by atoms with Crippen LogP contribution < -0.4 is 4.74 Å². The fourth-order valence-electron chi connectivity index (χ4n) is 3.33. The minimum Gasteiger partial charge on any atom is -0.488 e. The summed E-state index contributed by atoms with van der Waals surface area (Å²) in [6, 6.07) is 18.0. The van der Waals surface area contributed by atoms with Gasteiger partial charge in [0.15, 0.2) is 0 Å². The molecular weight excluding hydrogens is 432 g/mol. The molecular formula is C23H18N2O4S2. The van der Waals surface area contributed by atoms with E-state index in [0.29, 0.717) is 21.5 Å². The predicted octanol–water partition coefficient (Wildman–Crippen LogP) is 5.55. The first kappa shape index (κ1) is 21.0. The highest BCUT2D eigenvalue weighted by molar-refractivity contribution is 8.26. The van der Waals surface area contributed by atoms with Crippen LogP contribution in [0.5, 0.6) is 5.75 Å². The highest BCUT2D eigenvalue weighted by atomic mass is 32.2. The summed E-state index contributed by atoms with van der Waals surface area (Å²) in [6.45, 7) is 2.67. The van der Waals surface area contributed by atoms with Gasteiger partial charge in [0.2, 0.25) is 0 Å². The highest BCUT2D eigenvalue weighted by Gasteiger charge is 2.31. The lowest BCUT2D eigenvalue weighted by atomic mass is 10.0. The molecule has 156 valence electrons. The van der Waals surface area contributed by atoms with Gasteiger partial charge in [-0.2, -0.15) is 0 Å². The third kappa shape index (κ3) is 4.30. The Morgan fingerprint density at radius 1 is 1.13 bits per heavy atom. The summed E-state index contributed by atoms with van der Waals surface area (Å²) in [5.74, 6) is 0.519. The quantitative estimate of drug-likeness (QED) is 0.212. The zero-order valence-electron chi connectivity index (χ0n) is 16.6. The highest BCUT2D eigenvalue weighted by Crippen LogP contribution is 2.37. The van der Waals surface area contributed by atoms with Gasteiger partial charge in [-0.15, -0.1) is 0 Å². The van der Waals surface area contributed by atoms with Crippen molar-refractivity contribution in [3.05, 3.63) is 86.8 Å². The number of hydrogen-bond acceptors (Lipinski definition) is 6. The molecule has 0 saturated carbocycles. The SMILES string of the molecule is CCN1C(=O)/C(=C/c2c(OCc3ccc([N+](=O)[O-])cc3)ccc3ccccc23)SC1=S. The van der Waals surface area contributed by atoms with Gasteiger partial charge in [-0.1, -0.05) is 54.3 Å². The first-order valence-corrected chi connectivity index (χ1v) is 10.8. The number of fused-ring (bicyclic) bond motifs is 1. The second-order valence-corrected chi connectivity index (χ2v) is 8.51. The molecule has 1 aliphatic rings. The van der Waals surface area contributed by atoms with Gasteiger partial charge < -0.3 is 4.74 Å². The minimum atomic E-state index is -0.432. The summed E-state index contributed by atoms with van der Waals surface area (Å²) < 4.78 is 6.62. The van der Waals surface area contributed by atoms with E-state index in [2.05, 4.69) is 0 Å². The Balaban J connectivity index is 1.69. The number of thioether (sulfide) groups is 1. The van der Waals surface area contributed by atoms with Crippen LogP contribution in [0.4, 0.5) is 5.69 Å². The van der Waals surface area contributed by atoms with E-state index in [1.807, 2.05) is 49.4 Å². The van der Waals surface area contributed by atoms with Gasteiger partial charge in [0.1, 0.15) is 16.7 Å². The maximum Gasteiger partial charge on any atom is 0.269 e. The molecule has 0 atom stereocenters. The van der Waals surface area contributed by atoms with Gasteiger partial charge in [0.05, 0.1) is 9.83 Å². The van der Waals surface area contributed by atoms with E-state index < -0.39 is 4.92 Å². The smallest absolute Gasteiger partial charge is 0.269 e. The number of amides is 1. The third-order valence-corrected chi connectivity index (χ3v) is 6.32. The number of hydrogen-bond donors (Lipinski definition) is 0. The van der Waals surface area contributed by atoms with Gasteiger partial charge >= 0.3 is 0 Å². The van der Waals surface area contributed by atoms with E-state index in [1.54, 1.807) is 17.0 Å². The second-order valence-electron chi connectivity index (χ2n) is 6.84. The second kappa shape index (κ2) is 8.87. The van der Waals surface area contributed by atoms with Crippen molar-refractivity contribution < 1.29 is 14.5 Å². The maximum atomic E-state index is 12.7. The summed E-state index contributed by atoms with van der Waals surface area (Å²) in [4.78, 5) is 25.3. The largest absolute Gasteiger partial charge is 0.488 e. The van der Waals surface area contributed by atoms with Crippen molar-refractivity contribution in [2.45, 2.75) is 13.5 Å². The molecule has 1 heterocycles. The lowest BCUT2D eigenvalue weighted by Gasteiger charge is -2.13. The number of carbonyl (C=O) groups excluding carboxylic acids is 1. The molecule has 3 aromatic rings. The number of nitrogens with zero attached hydrogens (tertiary/aromatic N) is 2. The van der Waals surface area contributed by atoms with Crippen LogP contribution >= 0.6 is 24.0 Å². The van der Waals surface area contributed by atoms with Crippen molar-refractivity contribution in [3.63, 3.8) is 0 Å². The number of nitro groups is 1. The van der Waals surface area contributed by atoms with Crippen molar-refractivity contribution in [2.75, 3.05) is 6.54 Å². The molecule has 3 aromatic carbocycles. The van der Waals surface area contributed by atoms with Crippen LogP contribution in [-0.4, -0.2) is 26.6 Å². The average molecular weight is 451 g/mol. The lowest BCUT2D eigenvalue weighted by molar-refractivity contribution is -0.384. The van der Waals surface area contributed by atoms with Crippen molar-refractivity contribution in [1.82, 2.24) is 4.90 Å². The molecule has 0 bridgehead atoms. The Labute approximate surface area is 188 Å². The summed E-state index contributed by atoms with van der Waals surface area (Å²) >= 11 is 6.62. The van der Waals surface area contributed by atoms with Crippen molar-refractivity contribution >= 4 is 56.7 Å². The average Bonchev–Trinajstić information content (AvgIpc) is 3.05. The molecule has 6 nitrogen and oxygen atoms in total. The number of benzene rings is 3. The molecule has 0 unspecified atom stereocenters. The zero-order valence-corrected chi connectivity index (χ0v) is 18.2. The lowest BCUT2D eigenvalue weighted by Crippen LogP contribution is -2.27. The number of rotatable bonds is 6. The van der Waals surface area contributed by atoms with Crippen LogP contribution in [0.15, 0.2) is 65.6 Å². The predicted molar refractivity (Wildman–Crippen MR) is 127 cm³/mol. The van der Waals surface area contributed by atoms with E-state index >= 15 is 0 Å². The molecule has 1 amide bonds. The van der Waals surface area contributed by atoms with Crippen LogP contribution in [0.2, 0.25) is 0 Å². The van der Waals surface area contributed by atoms with Crippen LogP contribution in [0.1, 0.15) is 18.1 Å². The molecule has 31 heavy (non-hydrogen) atoms. The van der Waals surface area contributed by atoms with Crippen LogP contribution in [0.25, 0.3) is 16.8 Å². The van der Waals surface area contributed by atoms with E-state index in [9.17, 15) is 14.9 Å². The molecule has 0 radical (unpaired) electrons. The normalized spacial score (nSPS) is 15.1. The van der Waals surface area contributed by atoms with Crippen molar-refractivity contribution in [2.24, 2.45) is 0 Å². The molecule has 0 aromatic heterocycles. The Kier molecular flexibility index (Phi) is 6.01. The maximum absolute atomic E-state index is 12.7. The van der Waals surface area contributed by atoms with Crippen molar-refractivity contribution in [1.29, 1.82) is 0 Å². The summed E-state index contributed by atoms with van der Waals surface area (Å²) in [7, 11) is 0. The molecule has 0 aliphatic carbocycles. The molecule has 4 rings (SSSR count). The molecule has 1 saturated heterocycles. The molecule has 1 aliphatic heterocycles. The molecule has 1 fully saturated rings. The summed E-state index contributed by atoms with van der Waals surface area (Å²) in [5.41, 5.74) is 1.65. The Hall–Kier alpha value is -3.23. The van der Waals surface area contributed by atoms with Gasteiger partial charge in [-0.3, -0.25) is 19.8 Å². The topological polar surface area (TPSA) is 72.7 Å². The molecule has 0 spiro atoms. The minimum absolute atomic E-state index is 0.0353. The van der Waals surface area contributed by atoms with Gasteiger partial charge in [0.25, 0.3) is 11.6 Å². The fourth-order valence-corrected chi connectivity index (χ4v) is 4.70. The molecule has 8 heteroatoms. The first-order chi connectivity index (χ1) is 15.0. The van der Waals surface area contributed by atoms with E-state index in [1.165, 1.54) is 23.9 Å². The summed E-state index contributed by atoms with van der Waals surface area (Å²) in [5, 5.41) is 12.8. The van der Waals surface area contributed by atoms with Gasteiger partial charge in [-0.25, -0.2) is 0 Å². The van der Waals surface area contributed by atoms with Crippen LogP contribution in [-0.2, 0) is 11.4 Å². The van der Waals surface area contributed by atoms with E-state index in [4.69, 9.17) is 17.0 Å². The zero-order chi connectivity index (χ0) is 22.0.